The second-order valence-corrected chi connectivity index (χ2v) is 6.16. The largest absolute Gasteiger partial charge is 0.497 e. The number of nitrogens with one attached hydrogen (secondary N) is 1. The third-order valence-corrected chi connectivity index (χ3v) is 4.84. The third-order valence-electron chi connectivity index (χ3n) is 4.84. The fourth-order valence-corrected chi connectivity index (χ4v) is 3.50. The van der Waals surface area contributed by atoms with Crippen molar-refractivity contribution in [3.8, 4) is 18.1 Å². The van der Waals surface area contributed by atoms with Crippen molar-refractivity contribution in [3.63, 3.8) is 0 Å². The monoisotopic (exact) mass is 314 g/mol. The molecular weight excluding hydrogens is 292 g/mol. The van der Waals surface area contributed by atoms with Crippen molar-refractivity contribution in [2.24, 2.45) is 11.8 Å². The van der Waals surface area contributed by atoms with Gasteiger partial charge in [0.15, 0.2) is 0 Å². The standard InChI is InChI=1S/C18H22N2O3/c1-3-13-11-20-9-8-14(13)10-16(20)12-23-18(21)19-15-4-6-17(22-2)7-5-15/h1,4-7,13-14,16H,8-12H2,2H3,(H,19,21)/t13-,14-,16+/m0/s1. The number of piperidine rings is 3. The highest BCUT2D eigenvalue weighted by molar-refractivity contribution is 5.84. The zero-order valence-corrected chi connectivity index (χ0v) is 13.3. The van der Waals surface area contributed by atoms with E-state index >= 15 is 0 Å². The van der Waals surface area contributed by atoms with Gasteiger partial charge in [0.2, 0.25) is 0 Å². The minimum atomic E-state index is -0.425. The number of rotatable bonds is 4. The van der Waals surface area contributed by atoms with Crippen LogP contribution in [-0.2, 0) is 4.74 Å². The van der Waals surface area contributed by atoms with Crippen LogP contribution in [0.3, 0.4) is 0 Å². The number of benzene rings is 1. The van der Waals surface area contributed by atoms with Gasteiger partial charge in [0.25, 0.3) is 0 Å². The molecular formula is C18H22N2O3. The van der Waals surface area contributed by atoms with E-state index in [0.717, 1.165) is 31.7 Å². The van der Waals surface area contributed by atoms with Gasteiger partial charge >= 0.3 is 6.09 Å². The zero-order chi connectivity index (χ0) is 16.2. The Labute approximate surface area is 136 Å². The number of carbonyl (C=O) groups is 1. The van der Waals surface area contributed by atoms with Crippen molar-refractivity contribution < 1.29 is 14.3 Å². The molecule has 5 heteroatoms. The van der Waals surface area contributed by atoms with Gasteiger partial charge in [-0.2, -0.15) is 0 Å². The van der Waals surface area contributed by atoms with Crippen LogP contribution >= 0.6 is 0 Å². The Kier molecular flexibility index (Phi) is 4.73. The molecule has 1 unspecified atom stereocenters. The van der Waals surface area contributed by atoms with E-state index in [9.17, 15) is 4.79 Å². The van der Waals surface area contributed by atoms with Crippen LogP contribution in [0.5, 0.6) is 5.75 Å². The number of terminal acetylenes is 1. The number of fused-ring (bicyclic) bond motifs is 3. The van der Waals surface area contributed by atoms with Crippen molar-refractivity contribution in [1.29, 1.82) is 0 Å². The molecule has 1 aromatic carbocycles. The number of ether oxygens (including phenoxy) is 2. The van der Waals surface area contributed by atoms with Crippen LogP contribution < -0.4 is 10.1 Å². The van der Waals surface area contributed by atoms with Crippen LogP contribution in [0.1, 0.15) is 12.8 Å². The molecule has 1 N–H and O–H groups in total. The molecule has 0 aromatic heterocycles. The van der Waals surface area contributed by atoms with Crippen molar-refractivity contribution in [2.45, 2.75) is 18.9 Å². The van der Waals surface area contributed by atoms with Gasteiger partial charge in [-0.1, -0.05) is 0 Å². The zero-order valence-electron chi connectivity index (χ0n) is 13.3. The molecule has 23 heavy (non-hydrogen) atoms. The van der Waals surface area contributed by atoms with Gasteiger partial charge in [0, 0.05) is 24.2 Å². The van der Waals surface area contributed by atoms with Gasteiger partial charge in [-0.05, 0) is 49.6 Å². The summed E-state index contributed by atoms with van der Waals surface area (Å²) in [4.78, 5) is 14.3. The van der Waals surface area contributed by atoms with E-state index in [0.29, 0.717) is 30.2 Å². The van der Waals surface area contributed by atoms with E-state index in [1.165, 1.54) is 0 Å². The second kappa shape index (κ2) is 6.93. The van der Waals surface area contributed by atoms with E-state index in [1.54, 1.807) is 31.4 Å². The number of carbonyl (C=O) groups excluding carboxylic acids is 1. The molecule has 4 atom stereocenters. The van der Waals surface area contributed by atoms with Crippen LogP contribution in [0.2, 0.25) is 0 Å². The average Bonchev–Trinajstić information content (AvgIpc) is 2.61. The number of amides is 1. The number of nitrogens with zero attached hydrogens (tertiary/aromatic N) is 1. The highest BCUT2D eigenvalue weighted by Crippen LogP contribution is 2.35. The van der Waals surface area contributed by atoms with E-state index < -0.39 is 6.09 Å². The van der Waals surface area contributed by atoms with Gasteiger partial charge in [-0.15, -0.1) is 12.3 Å². The maximum atomic E-state index is 11.9. The predicted molar refractivity (Wildman–Crippen MR) is 88.4 cm³/mol. The van der Waals surface area contributed by atoms with Crippen LogP contribution in [0.4, 0.5) is 10.5 Å². The highest BCUT2D eigenvalue weighted by Gasteiger charge is 2.39. The Morgan fingerprint density at radius 1 is 1.43 bits per heavy atom. The second-order valence-electron chi connectivity index (χ2n) is 6.16. The molecule has 3 aliphatic heterocycles. The predicted octanol–water partition coefficient (Wildman–Crippen LogP) is 2.59. The Morgan fingerprint density at radius 2 is 2.22 bits per heavy atom. The van der Waals surface area contributed by atoms with Crippen molar-refractivity contribution >= 4 is 11.8 Å². The quantitative estimate of drug-likeness (QED) is 0.868. The van der Waals surface area contributed by atoms with Crippen molar-refractivity contribution in [3.05, 3.63) is 24.3 Å². The van der Waals surface area contributed by atoms with Crippen LogP contribution in [0.15, 0.2) is 24.3 Å². The fraction of sp³-hybridized carbons (Fsp3) is 0.500. The SMILES string of the molecule is C#C[C@H]1CN2CC[C@H]1C[C@@H]2COC(=O)Nc1ccc(OC)cc1. The first-order valence-corrected chi connectivity index (χ1v) is 7.97. The van der Waals surface area contributed by atoms with Gasteiger partial charge in [0.05, 0.1) is 7.11 Å². The number of hydrogen-bond donors (Lipinski definition) is 1. The number of hydrogen-bond acceptors (Lipinski definition) is 4. The van der Waals surface area contributed by atoms with E-state index in [1.807, 2.05) is 0 Å². The molecule has 1 aromatic rings. The van der Waals surface area contributed by atoms with Crippen molar-refractivity contribution in [1.82, 2.24) is 4.90 Å². The van der Waals surface area contributed by atoms with Gasteiger partial charge < -0.3 is 9.47 Å². The lowest BCUT2D eigenvalue weighted by Crippen LogP contribution is -2.54. The number of methoxy groups -OCH3 is 1. The molecule has 3 aliphatic rings. The lowest BCUT2D eigenvalue weighted by molar-refractivity contribution is -0.00665. The summed E-state index contributed by atoms with van der Waals surface area (Å²) >= 11 is 0. The first kappa shape index (κ1) is 15.7. The van der Waals surface area contributed by atoms with Gasteiger partial charge in [-0.3, -0.25) is 10.2 Å². The summed E-state index contributed by atoms with van der Waals surface area (Å²) in [6.07, 6.45) is 7.33. The minimum Gasteiger partial charge on any atom is -0.497 e. The lowest BCUT2D eigenvalue weighted by Gasteiger charge is -2.48. The Hall–Kier alpha value is -2.19. The lowest BCUT2D eigenvalue weighted by atomic mass is 9.76. The highest BCUT2D eigenvalue weighted by atomic mass is 16.5. The van der Waals surface area contributed by atoms with E-state index in [2.05, 4.69) is 16.1 Å². The molecule has 5 nitrogen and oxygen atoms in total. The first-order valence-electron chi connectivity index (χ1n) is 7.97. The maximum absolute atomic E-state index is 11.9. The summed E-state index contributed by atoms with van der Waals surface area (Å²) in [5.74, 6) is 4.57. The fourth-order valence-electron chi connectivity index (χ4n) is 3.50. The molecule has 0 aliphatic carbocycles. The molecule has 3 saturated heterocycles. The van der Waals surface area contributed by atoms with Gasteiger partial charge in [-0.25, -0.2) is 4.79 Å². The normalized spacial score (nSPS) is 28.7. The third kappa shape index (κ3) is 3.59. The Morgan fingerprint density at radius 3 is 2.83 bits per heavy atom. The molecule has 2 bridgehead atoms. The Bertz CT molecular complexity index is 593. The molecule has 1 amide bonds. The minimum absolute atomic E-state index is 0.292. The maximum Gasteiger partial charge on any atom is 0.411 e. The molecule has 3 fully saturated rings. The Balaban J connectivity index is 1.47. The molecule has 0 radical (unpaired) electrons. The van der Waals surface area contributed by atoms with Crippen LogP contribution in [-0.4, -0.2) is 43.8 Å². The molecule has 0 saturated carbocycles. The number of anilines is 1. The van der Waals surface area contributed by atoms with Crippen LogP contribution in [0, 0.1) is 24.2 Å². The summed E-state index contributed by atoms with van der Waals surface area (Å²) in [5.41, 5.74) is 0.689. The summed E-state index contributed by atoms with van der Waals surface area (Å²) in [6.45, 7) is 2.39. The van der Waals surface area contributed by atoms with Crippen molar-refractivity contribution in [2.75, 3.05) is 32.1 Å². The average molecular weight is 314 g/mol. The smallest absolute Gasteiger partial charge is 0.411 e. The molecule has 122 valence electrons. The molecule has 0 spiro atoms. The topological polar surface area (TPSA) is 50.8 Å². The summed E-state index contributed by atoms with van der Waals surface area (Å²) < 4.78 is 10.5. The summed E-state index contributed by atoms with van der Waals surface area (Å²) in [7, 11) is 1.61. The molecule has 3 heterocycles. The molecule has 4 rings (SSSR count). The van der Waals surface area contributed by atoms with E-state index in [-0.39, 0.29) is 0 Å². The summed E-state index contributed by atoms with van der Waals surface area (Å²) in [6, 6.07) is 7.44. The summed E-state index contributed by atoms with van der Waals surface area (Å²) in [5, 5.41) is 2.73. The van der Waals surface area contributed by atoms with Gasteiger partial charge in [0.1, 0.15) is 12.4 Å². The first-order chi connectivity index (χ1) is 11.2. The van der Waals surface area contributed by atoms with E-state index in [4.69, 9.17) is 15.9 Å². The van der Waals surface area contributed by atoms with Crippen LogP contribution in [0.25, 0.3) is 0 Å².